The van der Waals surface area contributed by atoms with Crippen molar-refractivity contribution in [1.82, 2.24) is 0 Å². The standard InChI is InChI=1S/C53H72N2O12/c1-54(22-18-38-32-48(62-7)50(64-9)34-40(38)42(54)28-36-14-16-44(58-3)46(30-36)60-5)24-20-52(56)66-26-12-11-13-27-67-53(57)21-25-55(2)23-19-39-33-49(63-8)51(65-10)35-41(39)43(55)29-37-15-17-45(59-4)47(31-37)61-6/h14-17,30-35,42-43H,11-13,18-29H2,1-10H3/q+2/t42-,43+,54-,55+. The average Bonchev–Trinajstić information content (AvgIpc) is 3.35. The monoisotopic (exact) mass is 929 g/mol. The van der Waals surface area contributed by atoms with Crippen molar-refractivity contribution in [2.45, 2.75) is 69.9 Å². The van der Waals surface area contributed by atoms with E-state index in [9.17, 15) is 9.59 Å². The topological polar surface area (TPSA) is 126 Å². The van der Waals surface area contributed by atoms with Crippen LogP contribution in [0, 0.1) is 0 Å². The van der Waals surface area contributed by atoms with Gasteiger partial charge in [0.1, 0.15) is 12.1 Å². The molecule has 6 rings (SSSR count). The predicted octanol–water partition coefficient (Wildman–Crippen LogP) is 8.07. The van der Waals surface area contributed by atoms with Gasteiger partial charge < -0.3 is 56.3 Å². The SMILES string of the molecule is COc1ccc(C[C@@H]2c3cc(OC)c(OC)cc3CC[N@+]2(C)CCC(=O)OCCCCCOC(=O)CC[N@+]2(C)CCc3cc(OC)c(OC)cc3[C@@H]2Cc2ccc(OC)c(OC)c2)cc1OC. The lowest BCUT2D eigenvalue weighted by molar-refractivity contribution is -0.940. The van der Waals surface area contributed by atoms with E-state index in [2.05, 4.69) is 50.5 Å². The highest BCUT2D eigenvalue weighted by Crippen LogP contribution is 2.45. The Morgan fingerprint density at radius 3 is 1.16 bits per heavy atom. The summed E-state index contributed by atoms with van der Waals surface area (Å²) in [5.74, 6) is 5.06. The summed E-state index contributed by atoms with van der Waals surface area (Å²) in [6.07, 6.45) is 5.85. The molecular weight excluding hydrogens is 857 g/mol. The first kappa shape index (κ1) is 50.6. The minimum Gasteiger partial charge on any atom is -0.493 e. The van der Waals surface area contributed by atoms with E-state index in [1.165, 1.54) is 22.3 Å². The summed E-state index contributed by atoms with van der Waals surface area (Å²) in [6.45, 7) is 3.57. The Morgan fingerprint density at radius 1 is 0.463 bits per heavy atom. The molecule has 0 radical (unpaired) electrons. The molecule has 0 aromatic heterocycles. The third kappa shape index (κ3) is 12.0. The van der Waals surface area contributed by atoms with Crippen molar-refractivity contribution in [2.24, 2.45) is 0 Å². The van der Waals surface area contributed by atoms with Crippen LogP contribution in [0.2, 0.25) is 0 Å². The first-order valence-corrected chi connectivity index (χ1v) is 23.3. The second kappa shape index (κ2) is 23.2. The van der Waals surface area contributed by atoms with Gasteiger partial charge in [0.15, 0.2) is 46.0 Å². The van der Waals surface area contributed by atoms with Gasteiger partial charge in [-0.05, 0) is 90.0 Å². The number of rotatable bonds is 24. The van der Waals surface area contributed by atoms with Crippen molar-refractivity contribution in [2.75, 3.05) is 110 Å². The third-order valence-corrected chi connectivity index (χ3v) is 14.0. The highest BCUT2D eigenvalue weighted by atomic mass is 16.5. The van der Waals surface area contributed by atoms with Crippen LogP contribution >= 0.6 is 0 Å². The number of carbonyl (C=O) groups excluding carboxylic acids is 2. The molecule has 2 aliphatic rings. The van der Waals surface area contributed by atoms with Gasteiger partial charge in [-0.25, -0.2) is 0 Å². The number of unbranched alkanes of at least 4 members (excludes halogenated alkanes) is 2. The van der Waals surface area contributed by atoms with Gasteiger partial charge in [0, 0.05) is 36.8 Å². The second-order valence-corrected chi connectivity index (χ2v) is 18.0. The molecule has 0 saturated heterocycles. The molecule has 14 nitrogen and oxygen atoms in total. The predicted molar refractivity (Wildman–Crippen MR) is 255 cm³/mol. The van der Waals surface area contributed by atoms with Crippen molar-refractivity contribution >= 4 is 11.9 Å². The van der Waals surface area contributed by atoms with E-state index >= 15 is 0 Å². The number of carbonyl (C=O) groups is 2. The van der Waals surface area contributed by atoms with Gasteiger partial charge in [-0.1, -0.05) is 12.1 Å². The quantitative estimate of drug-likeness (QED) is 0.0383. The van der Waals surface area contributed by atoms with E-state index < -0.39 is 0 Å². The van der Waals surface area contributed by atoms with E-state index in [4.69, 9.17) is 47.4 Å². The number of fused-ring (bicyclic) bond motifs is 2. The first-order valence-electron chi connectivity index (χ1n) is 23.3. The number of hydrogen-bond acceptors (Lipinski definition) is 12. The lowest BCUT2D eigenvalue weighted by atomic mass is 9.86. The first-order chi connectivity index (χ1) is 32.4. The molecule has 0 N–H and O–H groups in total. The summed E-state index contributed by atoms with van der Waals surface area (Å²) in [5.41, 5.74) is 7.00. The molecule has 0 fully saturated rings. The smallest absolute Gasteiger partial charge is 0.311 e. The van der Waals surface area contributed by atoms with Crippen molar-refractivity contribution < 1.29 is 65.9 Å². The number of likely N-dealkylation sites (N-methyl/N-ethyl adjacent to an activating group) is 2. The molecule has 67 heavy (non-hydrogen) atoms. The molecule has 2 aliphatic heterocycles. The summed E-state index contributed by atoms with van der Waals surface area (Å²) in [4.78, 5) is 26.4. The molecule has 4 aromatic carbocycles. The van der Waals surface area contributed by atoms with Crippen LogP contribution in [-0.2, 0) is 44.7 Å². The van der Waals surface area contributed by atoms with Crippen LogP contribution in [-0.4, -0.2) is 131 Å². The van der Waals surface area contributed by atoms with E-state index in [-0.39, 0.29) is 24.0 Å². The molecule has 2 heterocycles. The normalized spacial score (nSPS) is 19.6. The molecule has 14 heteroatoms. The minimum absolute atomic E-state index is 0.0393. The van der Waals surface area contributed by atoms with Crippen molar-refractivity contribution in [3.8, 4) is 46.0 Å². The number of esters is 2. The van der Waals surface area contributed by atoms with E-state index in [1.807, 2.05) is 24.3 Å². The van der Waals surface area contributed by atoms with Gasteiger partial charge in [-0.2, -0.15) is 0 Å². The lowest BCUT2D eigenvalue weighted by Crippen LogP contribution is -2.53. The summed E-state index contributed by atoms with van der Waals surface area (Å²) < 4.78 is 57.8. The Hall–Kier alpha value is -5.86. The molecule has 4 atom stereocenters. The summed E-state index contributed by atoms with van der Waals surface area (Å²) in [5, 5.41) is 0. The van der Waals surface area contributed by atoms with Crippen LogP contribution in [0.3, 0.4) is 0 Å². The average molecular weight is 929 g/mol. The number of hydrogen-bond donors (Lipinski definition) is 0. The molecule has 0 aliphatic carbocycles. The lowest BCUT2D eigenvalue weighted by Gasteiger charge is -2.46. The van der Waals surface area contributed by atoms with Gasteiger partial charge in [0.25, 0.3) is 0 Å². The van der Waals surface area contributed by atoms with Gasteiger partial charge in [-0.15, -0.1) is 0 Å². The Kier molecular flexibility index (Phi) is 17.5. The fraction of sp³-hybridized carbons (Fsp3) is 0.509. The van der Waals surface area contributed by atoms with Gasteiger partial charge >= 0.3 is 11.9 Å². The molecule has 0 spiro atoms. The molecular formula is C53H72N2O12+2. The highest BCUT2D eigenvalue weighted by Gasteiger charge is 2.42. The number of nitrogens with zero attached hydrogens (tertiary/aromatic N) is 2. The zero-order chi connectivity index (χ0) is 48.1. The third-order valence-electron chi connectivity index (χ3n) is 14.0. The fourth-order valence-electron chi connectivity index (χ4n) is 9.91. The van der Waals surface area contributed by atoms with E-state index in [1.54, 1.807) is 56.9 Å². The van der Waals surface area contributed by atoms with Crippen LogP contribution in [0.25, 0.3) is 0 Å². The Balaban J connectivity index is 0.987. The van der Waals surface area contributed by atoms with Crippen LogP contribution < -0.4 is 37.9 Å². The molecule has 0 amide bonds. The fourth-order valence-corrected chi connectivity index (χ4v) is 9.91. The van der Waals surface area contributed by atoms with Crippen molar-refractivity contribution in [3.63, 3.8) is 0 Å². The summed E-state index contributed by atoms with van der Waals surface area (Å²) in [7, 11) is 17.6. The highest BCUT2D eigenvalue weighted by molar-refractivity contribution is 5.69. The molecule has 364 valence electrons. The van der Waals surface area contributed by atoms with Crippen LogP contribution in [0.15, 0.2) is 60.7 Å². The number of ether oxygens (including phenoxy) is 10. The molecule has 0 bridgehead atoms. The maximum atomic E-state index is 13.2. The van der Waals surface area contributed by atoms with Gasteiger partial charge in [0.05, 0.1) is 123 Å². The summed E-state index contributed by atoms with van der Waals surface area (Å²) in [6, 6.07) is 20.5. The van der Waals surface area contributed by atoms with Crippen molar-refractivity contribution in [3.05, 3.63) is 94.0 Å². The Morgan fingerprint density at radius 2 is 0.806 bits per heavy atom. The molecule has 0 saturated carbocycles. The largest absolute Gasteiger partial charge is 0.493 e. The second-order valence-electron chi connectivity index (χ2n) is 18.0. The van der Waals surface area contributed by atoms with Gasteiger partial charge in [-0.3, -0.25) is 9.59 Å². The zero-order valence-corrected chi connectivity index (χ0v) is 41.3. The maximum absolute atomic E-state index is 13.2. The van der Waals surface area contributed by atoms with E-state index in [0.717, 1.165) is 56.3 Å². The zero-order valence-electron chi connectivity index (χ0n) is 41.3. The maximum Gasteiger partial charge on any atom is 0.311 e. The van der Waals surface area contributed by atoms with E-state index in [0.29, 0.717) is 107 Å². The molecule has 0 unspecified atom stereocenters. The molecule has 4 aromatic rings. The minimum atomic E-state index is -0.215. The van der Waals surface area contributed by atoms with Crippen molar-refractivity contribution in [1.29, 1.82) is 0 Å². The Bertz CT molecular complexity index is 2160. The van der Waals surface area contributed by atoms with Crippen LogP contribution in [0.4, 0.5) is 0 Å². The number of methoxy groups -OCH3 is 8. The number of benzene rings is 4. The number of quaternary nitrogens is 2. The van der Waals surface area contributed by atoms with Crippen LogP contribution in [0.1, 0.15) is 77.6 Å². The van der Waals surface area contributed by atoms with Gasteiger partial charge in [0.2, 0.25) is 0 Å². The van der Waals surface area contributed by atoms with Crippen LogP contribution in [0.5, 0.6) is 46.0 Å². The summed E-state index contributed by atoms with van der Waals surface area (Å²) >= 11 is 0. The Labute approximate surface area is 397 Å².